The second-order valence-electron chi connectivity index (χ2n) is 12.4. The van der Waals surface area contributed by atoms with Crippen molar-refractivity contribution in [1.29, 1.82) is 0 Å². The molecule has 0 spiro atoms. The second kappa shape index (κ2) is 11.1. The van der Waals surface area contributed by atoms with E-state index in [-0.39, 0.29) is 5.41 Å². The highest BCUT2D eigenvalue weighted by Crippen LogP contribution is 2.54. The first-order valence-corrected chi connectivity index (χ1v) is 16.3. The van der Waals surface area contributed by atoms with Crippen LogP contribution in [0, 0.1) is 0 Å². The third kappa shape index (κ3) is 4.37. The summed E-state index contributed by atoms with van der Waals surface area (Å²) in [5.74, 6) is 0. The molecule has 0 bridgehead atoms. The maximum Gasteiger partial charge on any atom is 0.0540 e. The van der Waals surface area contributed by atoms with Gasteiger partial charge in [0, 0.05) is 22.2 Å². The van der Waals surface area contributed by atoms with Crippen LogP contribution in [0.4, 0.5) is 17.1 Å². The van der Waals surface area contributed by atoms with Crippen molar-refractivity contribution in [2.45, 2.75) is 38.5 Å². The fraction of sp³-hybridized carbons (Fsp3) is 0.136. The van der Waals surface area contributed by atoms with E-state index in [1.54, 1.807) is 0 Å². The Morgan fingerprint density at radius 1 is 0.489 bits per heavy atom. The minimum Gasteiger partial charge on any atom is -0.310 e. The van der Waals surface area contributed by atoms with Crippen LogP contribution in [-0.2, 0) is 5.41 Å². The van der Waals surface area contributed by atoms with Gasteiger partial charge in [-0.15, -0.1) is 0 Å². The zero-order valence-electron chi connectivity index (χ0n) is 26.0. The van der Waals surface area contributed by atoms with Gasteiger partial charge in [-0.05, 0) is 105 Å². The molecule has 7 aromatic carbocycles. The summed E-state index contributed by atoms with van der Waals surface area (Å²) in [6.45, 7) is 4.69. The lowest BCUT2D eigenvalue weighted by Crippen LogP contribution is -2.23. The van der Waals surface area contributed by atoms with Gasteiger partial charge in [-0.1, -0.05) is 129 Å². The topological polar surface area (TPSA) is 3.24 Å². The van der Waals surface area contributed by atoms with Crippen molar-refractivity contribution in [2.75, 3.05) is 4.90 Å². The highest BCUT2D eigenvalue weighted by molar-refractivity contribution is 6.14. The van der Waals surface area contributed by atoms with E-state index in [1.807, 2.05) is 0 Å². The van der Waals surface area contributed by atoms with Gasteiger partial charge in [-0.25, -0.2) is 0 Å². The van der Waals surface area contributed by atoms with Crippen LogP contribution in [0.3, 0.4) is 0 Å². The minimum atomic E-state index is 0.0581. The zero-order valence-corrected chi connectivity index (χ0v) is 26.0. The van der Waals surface area contributed by atoms with Crippen molar-refractivity contribution in [1.82, 2.24) is 0 Å². The standard InChI is InChI=1S/C44H37N/c1-3-27-44(4-2)41-23-12-11-21-37(41)40-29-33-25-26-38-36(39(33)30-42(40)44)22-14-24-43(38)45(34-18-9-6-10-19-34)35-20-13-17-32(28-35)31-15-7-5-8-16-31/h5-26,28-30H,3-4,27H2,1-2H3. The van der Waals surface area contributed by atoms with E-state index in [4.69, 9.17) is 0 Å². The molecule has 45 heavy (non-hydrogen) atoms. The van der Waals surface area contributed by atoms with Gasteiger partial charge in [0.05, 0.1) is 5.69 Å². The first kappa shape index (κ1) is 27.4. The van der Waals surface area contributed by atoms with E-state index in [2.05, 4.69) is 170 Å². The lowest BCUT2D eigenvalue weighted by atomic mass is 9.72. The summed E-state index contributed by atoms with van der Waals surface area (Å²) < 4.78 is 0. The SMILES string of the molecule is CCCC1(CC)c2ccccc2-c2cc3ccc4c(N(c5ccccc5)c5cccc(-c6ccccc6)c5)cccc4c3cc21. The Bertz CT molecular complexity index is 2160. The molecule has 0 amide bonds. The average Bonchev–Trinajstić information content (AvgIpc) is 3.37. The summed E-state index contributed by atoms with van der Waals surface area (Å²) in [5, 5.41) is 5.19. The van der Waals surface area contributed by atoms with E-state index < -0.39 is 0 Å². The van der Waals surface area contributed by atoms with Crippen molar-refractivity contribution in [3.63, 3.8) is 0 Å². The second-order valence-corrected chi connectivity index (χ2v) is 12.4. The molecule has 1 aliphatic rings. The van der Waals surface area contributed by atoms with Gasteiger partial charge < -0.3 is 4.90 Å². The lowest BCUT2D eigenvalue weighted by molar-refractivity contribution is 0.461. The quantitative estimate of drug-likeness (QED) is 0.170. The molecule has 7 aromatic rings. The molecule has 0 heterocycles. The van der Waals surface area contributed by atoms with Gasteiger partial charge in [0.1, 0.15) is 0 Å². The van der Waals surface area contributed by atoms with E-state index >= 15 is 0 Å². The molecule has 1 heteroatoms. The van der Waals surface area contributed by atoms with Crippen molar-refractivity contribution in [3.8, 4) is 22.3 Å². The van der Waals surface area contributed by atoms with Gasteiger partial charge in [0.25, 0.3) is 0 Å². The molecule has 0 fully saturated rings. The van der Waals surface area contributed by atoms with E-state index in [1.165, 1.54) is 60.6 Å². The number of hydrogen-bond acceptors (Lipinski definition) is 1. The highest BCUT2D eigenvalue weighted by atomic mass is 15.1. The Labute approximate surface area is 266 Å². The summed E-state index contributed by atoms with van der Waals surface area (Å²) >= 11 is 0. The first-order valence-electron chi connectivity index (χ1n) is 16.3. The first-order chi connectivity index (χ1) is 22.2. The van der Waals surface area contributed by atoms with Crippen LogP contribution in [-0.4, -0.2) is 0 Å². The van der Waals surface area contributed by atoms with Crippen molar-refractivity contribution < 1.29 is 0 Å². The van der Waals surface area contributed by atoms with Crippen LogP contribution in [0.15, 0.2) is 152 Å². The van der Waals surface area contributed by atoms with Gasteiger partial charge >= 0.3 is 0 Å². The Hall–Kier alpha value is -5.14. The predicted octanol–water partition coefficient (Wildman–Crippen LogP) is 12.6. The molecule has 1 atom stereocenters. The lowest BCUT2D eigenvalue weighted by Gasteiger charge is -2.31. The predicted molar refractivity (Wildman–Crippen MR) is 193 cm³/mol. The third-order valence-electron chi connectivity index (χ3n) is 9.99. The molecule has 218 valence electrons. The fourth-order valence-electron chi connectivity index (χ4n) is 7.93. The van der Waals surface area contributed by atoms with Gasteiger partial charge in [-0.3, -0.25) is 0 Å². The molecule has 1 unspecified atom stereocenters. The summed E-state index contributed by atoms with van der Waals surface area (Å²) in [7, 11) is 0. The summed E-state index contributed by atoms with van der Waals surface area (Å²) in [5.41, 5.74) is 11.8. The molecule has 0 aliphatic heterocycles. The van der Waals surface area contributed by atoms with Crippen LogP contribution in [0.25, 0.3) is 43.8 Å². The van der Waals surface area contributed by atoms with Crippen LogP contribution in [0.5, 0.6) is 0 Å². The summed E-state index contributed by atoms with van der Waals surface area (Å²) in [4.78, 5) is 2.41. The van der Waals surface area contributed by atoms with Crippen LogP contribution < -0.4 is 4.90 Å². The molecule has 0 radical (unpaired) electrons. The number of rotatable bonds is 7. The normalized spacial score (nSPS) is 15.2. The highest BCUT2D eigenvalue weighted by Gasteiger charge is 2.41. The van der Waals surface area contributed by atoms with Crippen LogP contribution in [0.1, 0.15) is 44.2 Å². The molecule has 1 nitrogen and oxygen atoms in total. The average molecular weight is 580 g/mol. The largest absolute Gasteiger partial charge is 0.310 e. The van der Waals surface area contributed by atoms with Crippen molar-refractivity contribution in [3.05, 3.63) is 163 Å². The number of fused-ring (bicyclic) bond motifs is 6. The molecule has 8 rings (SSSR count). The zero-order chi connectivity index (χ0) is 30.4. The van der Waals surface area contributed by atoms with E-state index in [9.17, 15) is 0 Å². The number of nitrogens with zero attached hydrogens (tertiary/aromatic N) is 1. The Balaban J connectivity index is 1.36. The Morgan fingerprint density at radius 2 is 1.20 bits per heavy atom. The van der Waals surface area contributed by atoms with E-state index in [0.717, 1.165) is 30.6 Å². The van der Waals surface area contributed by atoms with Gasteiger partial charge in [-0.2, -0.15) is 0 Å². The maximum absolute atomic E-state index is 2.54. The molecule has 0 saturated heterocycles. The number of anilines is 3. The Morgan fingerprint density at radius 3 is 2.00 bits per heavy atom. The van der Waals surface area contributed by atoms with Crippen molar-refractivity contribution in [2.24, 2.45) is 0 Å². The molecular weight excluding hydrogens is 542 g/mol. The monoisotopic (exact) mass is 579 g/mol. The maximum atomic E-state index is 2.54. The molecule has 0 aromatic heterocycles. The summed E-state index contributed by atoms with van der Waals surface area (Å²) in [6.07, 6.45) is 3.42. The molecule has 1 aliphatic carbocycles. The minimum absolute atomic E-state index is 0.0581. The Kier molecular flexibility index (Phi) is 6.76. The van der Waals surface area contributed by atoms with Gasteiger partial charge in [0.15, 0.2) is 0 Å². The molecule has 0 saturated carbocycles. The third-order valence-corrected chi connectivity index (χ3v) is 9.99. The fourth-order valence-corrected chi connectivity index (χ4v) is 7.93. The number of hydrogen-bond donors (Lipinski definition) is 0. The smallest absolute Gasteiger partial charge is 0.0540 e. The van der Waals surface area contributed by atoms with Crippen LogP contribution >= 0.6 is 0 Å². The van der Waals surface area contributed by atoms with E-state index in [0.29, 0.717) is 0 Å². The van der Waals surface area contributed by atoms with Crippen molar-refractivity contribution >= 4 is 38.6 Å². The van der Waals surface area contributed by atoms with Crippen LogP contribution in [0.2, 0.25) is 0 Å². The molecular formula is C44H37N. The van der Waals surface area contributed by atoms with Gasteiger partial charge in [0.2, 0.25) is 0 Å². The number of benzene rings is 7. The molecule has 0 N–H and O–H groups in total. The summed E-state index contributed by atoms with van der Waals surface area (Å²) in [6, 6.07) is 55.9. The number of para-hydroxylation sites is 1.